The van der Waals surface area contributed by atoms with Gasteiger partial charge in [0.15, 0.2) is 11.6 Å². The summed E-state index contributed by atoms with van der Waals surface area (Å²) in [6, 6.07) is 32.2. The fourth-order valence-electron chi connectivity index (χ4n) is 7.68. The van der Waals surface area contributed by atoms with Gasteiger partial charge in [-0.3, -0.25) is 9.59 Å². The molecule has 3 amide bonds. The highest BCUT2D eigenvalue weighted by Crippen LogP contribution is 2.35. The molecule has 0 aliphatic carbocycles. The van der Waals surface area contributed by atoms with Crippen LogP contribution in [0.25, 0.3) is 22.6 Å². The van der Waals surface area contributed by atoms with E-state index < -0.39 is 18.2 Å². The van der Waals surface area contributed by atoms with Crippen LogP contribution in [0.4, 0.5) is 4.79 Å². The quantitative estimate of drug-likeness (QED) is 0.122. The SMILES string of the molecule is COC(=O)N[C@@H](C(=O)N1CCC[C@H]1c1ncc(-c2ccc(C#Cc3ccc(-c4nnc([C@@H]5CCCN5C(=O)[C@H](N)c5ccccc5)[nH]4)cc3)cc2)[nH]1)c1ccccc1. The predicted molar refractivity (Wildman–Crippen MR) is 217 cm³/mol. The van der Waals surface area contributed by atoms with Crippen molar-refractivity contribution in [3.63, 3.8) is 0 Å². The molecule has 0 unspecified atom stereocenters. The minimum Gasteiger partial charge on any atom is -0.453 e. The first-order chi connectivity index (χ1) is 28.4. The number of aromatic amines is 2. The zero-order chi connectivity index (χ0) is 40.0. The number of ether oxygens (including phenoxy) is 1. The Hall–Kier alpha value is -7.04. The zero-order valence-electron chi connectivity index (χ0n) is 32.0. The lowest BCUT2D eigenvalue weighted by atomic mass is 10.1. The van der Waals surface area contributed by atoms with Crippen molar-refractivity contribution in [2.75, 3.05) is 20.2 Å². The summed E-state index contributed by atoms with van der Waals surface area (Å²) in [6.45, 7) is 1.18. The van der Waals surface area contributed by atoms with Crippen molar-refractivity contribution < 1.29 is 19.1 Å². The van der Waals surface area contributed by atoms with Gasteiger partial charge in [-0.2, -0.15) is 0 Å². The molecule has 0 saturated carbocycles. The molecule has 2 aliphatic heterocycles. The van der Waals surface area contributed by atoms with Gasteiger partial charge in [0, 0.05) is 29.8 Å². The van der Waals surface area contributed by atoms with E-state index in [1.54, 1.807) is 11.1 Å². The van der Waals surface area contributed by atoms with Gasteiger partial charge in [0.25, 0.3) is 5.91 Å². The van der Waals surface area contributed by atoms with Crippen LogP contribution in [0.1, 0.15) is 83.8 Å². The van der Waals surface area contributed by atoms with E-state index in [4.69, 9.17) is 10.5 Å². The maximum absolute atomic E-state index is 13.8. The molecule has 6 aromatic rings. The molecule has 2 fully saturated rings. The Labute approximate surface area is 336 Å². The molecule has 292 valence electrons. The Bertz CT molecular complexity index is 2440. The molecule has 5 N–H and O–H groups in total. The fraction of sp³-hybridized carbons (Fsp3) is 0.244. The number of carbonyl (C=O) groups excluding carboxylic acids is 3. The van der Waals surface area contributed by atoms with Crippen LogP contribution < -0.4 is 11.1 Å². The average Bonchev–Trinajstić information content (AvgIpc) is 4.12. The van der Waals surface area contributed by atoms with Crippen molar-refractivity contribution in [2.24, 2.45) is 5.73 Å². The first kappa shape index (κ1) is 37.9. The van der Waals surface area contributed by atoms with Crippen LogP contribution in [0, 0.1) is 11.8 Å². The Morgan fingerprint density at radius 1 is 0.724 bits per heavy atom. The monoisotopic (exact) mass is 773 g/mol. The zero-order valence-corrected chi connectivity index (χ0v) is 32.0. The Balaban J connectivity index is 0.897. The third-order valence-electron chi connectivity index (χ3n) is 10.8. The average molecular weight is 774 g/mol. The smallest absolute Gasteiger partial charge is 0.407 e. The van der Waals surface area contributed by atoms with Crippen LogP contribution in [0.3, 0.4) is 0 Å². The van der Waals surface area contributed by atoms with Gasteiger partial charge in [-0.25, -0.2) is 9.78 Å². The van der Waals surface area contributed by atoms with E-state index >= 15 is 0 Å². The summed E-state index contributed by atoms with van der Waals surface area (Å²) in [5.41, 5.74) is 12.2. The van der Waals surface area contributed by atoms with E-state index in [9.17, 15) is 14.4 Å². The summed E-state index contributed by atoms with van der Waals surface area (Å²) in [6.07, 6.45) is 4.33. The molecule has 4 heterocycles. The lowest BCUT2D eigenvalue weighted by Crippen LogP contribution is -2.42. The van der Waals surface area contributed by atoms with E-state index in [0.717, 1.165) is 59.2 Å². The second-order valence-electron chi connectivity index (χ2n) is 14.4. The number of hydrogen-bond donors (Lipinski definition) is 4. The number of methoxy groups -OCH3 is 1. The van der Waals surface area contributed by atoms with Crippen molar-refractivity contribution in [2.45, 2.75) is 49.9 Å². The second-order valence-corrected chi connectivity index (χ2v) is 14.4. The van der Waals surface area contributed by atoms with Gasteiger partial charge in [-0.1, -0.05) is 84.6 Å². The third kappa shape index (κ3) is 8.09. The topological polar surface area (TPSA) is 175 Å². The number of aromatic nitrogens is 5. The van der Waals surface area contributed by atoms with Crippen molar-refractivity contribution in [3.8, 4) is 34.5 Å². The number of alkyl carbamates (subject to hydrolysis) is 1. The molecular weight excluding hydrogens is 731 g/mol. The molecule has 58 heavy (non-hydrogen) atoms. The maximum atomic E-state index is 13.8. The lowest BCUT2D eigenvalue weighted by molar-refractivity contribution is -0.135. The Morgan fingerprint density at radius 2 is 1.29 bits per heavy atom. The number of nitrogens with two attached hydrogens (primary N) is 1. The van der Waals surface area contributed by atoms with Crippen LogP contribution in [-0.2, 0) is 14.3 Å². The second kappa shape index (κ2) is 17.0. The number of imidazole rings is 1. The van der Waals surface area contributed by atoms with Crippen LogP contribution >= 0.6 is 0 Å². The van der Waals surface area contributed by atoms with E-state index in [1.807, 2.05) is 114 Å². The number of carbonyl (C=O) groups is 3. The molecular formula is C45H43N9O4. The molecule has 13 nitrogen and oxygen atoms in total. The molecule has 13 heteroatoms. The van der Waals surface area contributed by atoms with E-state index in [-0.39, 0.29) is 23.9 Å². The van der Waals surface area contributed by atoms with Gasteiger partial charge in [0.1, 0.15) is 17.9 Å². The molecule has 2 saturated heterocycles. The maximum Gasteiger partial charge on any atom is 0.407 e. The highest BCUT2D eigenvalue weighted by Gasteiger charge is 2.38. The highest BCUT2D eigenvalue weighted by molar-refractivity contribution is 5.87. The summed E-state index contributed by atoms with van der Waals surface area (Å²) in [5.74, 6) is 8.12. The van der Waals surface area contributed by atoms with Crippen molar-refractivity contribution in [1.82, 2.24) is 40.3 Å². The van der Waals surface area contributed by atoms with Gasteiger partial charge in [-0.15, -0.1) is 10.2 Å². The Morgan fingerprint density at radius 3 is 1.91 bits per heavy atom. The van der Waals surface area contributed by atoms with Crippen LogP contribution in [-0.4, -0.2) is 73.1 Å². The Kier molecular flexibility index (Phi) is 11.1. The number of amides is 3. The van der Waals surface area contributed by atoms with Crippen LogP contribution in [0.2, 0.25) is 0 Å². The molecule has 2 aromatic heterocycles. The normalized spacial score (nSPS) is 17.3. The van der Waals surface area contributed by atoms with E-state index in [1.165, 1.54) is 7.11 Å². The van der Waals surface area contributed by atoms with E-state index in [0.29, 0.717) is 36.1 Å². The van der Waals surface area contributed by atoms with Crippen molar-refractivity contribution in [1.29, 1.82) is 0 Å². The third-order valence-corrected chi connectivity index (χ3v) is 10.8. The van der Waals surface area contributed by atoms with Crippen LogP contribution in [0.15, 0.2) is 115 Å². The van der Waals surface area contributed by atoms with Crippen LogP contribution in [0.5, 0.6) is 0 Å². The minimum absolute atomic E-state index is 0.119. The number of nitrogens with zero attached hydrogens (tertiary/aromatic N) is 5. The summed E-state index contributed by atoms with van der Waals surface area (Å²) >= 11 is 0. The number of likely N-dealkylation sites (tertiary alicyclic amines) is 2. The fourth-order valence-corrected chi connectivity index (χ4v) is 7.68. The summed E-state index contributed by atoms with van der Waals surface area (Å²) < 4.78 is 4.82. The summed E-state index contributed by atoms with van der Waals surface area (Å²) in [7, 11) is 1.28. The summed E-state index contributed by atoms with van der Waals surface area (Å²) in [5, 5.41) is 11.5. The largest absolute Gasteiger partial charge is 0.453 e. The standard InChI is InChI=1S/C45H43N9O4/c1-58-45(57)49-39(33-12-6-3-7-13-33)44(56)54-27-8-14-36(54)41-47-28-35(48-41)31-22-18-29(19-23-31)16-17-30-20-24-34(25-21-30)40-50-42(52-51-40)37-15-9-26-53(37)43(55)38(46)32-10-4-2-5-11-32/h2-7,10-13,18-25,28,36-39H,8-9,14-15,26-27,46H2,1H3,(H,47,48)(H,49,57)(H,50,51,52)/t36-,37-,38+,39+/m0/s1. The number of nitrogens with one attached hydrogen (secondary N) is 3. The van der Waals surface area contributed by atoms with Gasteiger partial charge in [-0.05, 0) is 78.8 Å². The van der Waals surface area contributed by atoms with Gasteiger partial charge < -0.3 is 35.6 Å². The van der Waals surface area contributed by atoms with Gasteiger partial charge in [0.2, 0.25) is 5.91 Å². The molecule has 4 aromatic carbocycles. The van der Waals surface area contributed by atoms with Gasteiger partial charge >= 0.3 is 6.09 Å². The predicted octanol–water partition coefficient (Wildman–Crippen LogP) is 6.39. The first-order valence-corrected chi connectivity index (χ1v) is 19.4. The number of hydrogen-bond acceptors (Lipinski definition) is 8. The number of rotatable bonds is 9. The lowest BCUT2D eigenvalue weighted by Gasteiger charge is -2.28. The summed E-state index contributed by atoms with van der Waals surface area (Å²) in [4.78, 5) is 54.4. The number of H-pyrrole nitrogens is 2. The molecule has 4 atom stereocenters. The molecule has 8 rings (SSSR count). The molecule has 2 aliphatic rings. The minimum atomic E-state index is -0.879. The van der Waals surface area contributed by atoms with Crippen molar-refractivity contribution in [3.05, 3.63) is 149 Å². The molecule has 0 spiro atoms. The number of benzene rings is 4. The van der Waals surface area contributed by atoms with Crippen molar-refractivity contribution >= 4 is 17.9 Å². The first-order valence-electron chi connectivity index (χ1n) is 19.4. The highest BCUT2D eigenvalue weighted by atomic mass is 16.5. The molecule has 0 bridgehead atoms. The molecule has 0 radical (unpaired) electrons. The van der Waals surface area contributed by atoms with E-state index in [2.05, 4.69) is 42.3 Å². The van der Waals surface area contributed by atoms with Gasteiger partial charge in [0.05, 0.1) is 31.1 Å².